The van der Waals surface area contributed by atoms with Crippen molar-refractivity contribution in [3.8, 4) is 0 Å². The van der Waals surface area contributed by atoms with Gasteiger partial charge in [0.15, 0.2) is 0 Å². The number of rotatable bonds is 0. The number of benzene rings is 1. The molecule has 0 aliphatic carbocycles. The van der Waals surface area contributed by atoms with Crippen LogP contribution in [-0.4, -0.2) is 7.54 Å². The second-order valence-electron chi connectivity index (χ2n) is 1.73. The van der Waals surface area contributed by atoms with Crippen molar-refractivity contribution in [3.63, 3.8) is 0 Å². The van der Waals surface area contributed by atoms with Gasteiger partial charge in [-0.1, -0.05) is 6.07 Å². The molecule has 0 N–H and O–H groups in total. The van der Waals surface area contributed by atoms with Crippen LogP contribution in [-0.2, 0) is 0 Å². The summed E-state index contributed by atoms with van der Waals surface area (Å²) in [7, 11) is -3.67. The molecule has 0 unspecified atom stereocenters. The molecule has 0 aromatic heterocycles. The first-order chi connectivity index (χ1) is 5.13. The Labute approximate surface area is 113 Å². The summed E-state index contributed by atoms with van der Waals surface area (Å²) in [6.07, 6.45) is 0. The van der Waals surface area contributed by atoms with Gasteiger partial charge in [-0.3, -0.25) is 12.9 Å². The number of hydrogen-bond acceptors (Lipinski definition) is 0. The van der Waals surface area contributed by atoms with Gasteiger partial charge in [0.05, 0.1) is 0 Å². The summed E-state index contributed by atoms with van der Waals surface area (Å²) in [5.41, 5.74) is 1.07. The minimum absolute atomic E-state index is 0. The molecular weight excluding hydrogens is 191 g/mol. The van der Waals surface area contributed by atoms with Crippen LogP contribution < -0.4 is 51.4 Å². The second kappa shape index (κ2) is 9.67. The molecule has 0 fully saturated rings. The van der Waals surface area contributed by atoms with Gasteiger partial charge in [-0.2, -0.15) is 24.6 Å². The van der Waals surface area contributed by atoms with Crippen molar-refractivity contribution in [2.24, 2.45) is 0 Å². The van der Waals surface area contributed by atoms with E-state index in [1.165, 1.54) is 0 Å². The van der Waals surface area contributed by atoms with Gasteiger partial charge in [-0.15, -0.1) is 12.1 Å². The van der Waals surface area contributed by atoms with Crippen LogP contribution in [0, 0.1) is 6.92 Å². The summed E-state index contributed by atoms with van der Waals surface area (Å²) in [5.74, 6) is 0. The van der Waals surface area contributed by atoms with E-state index in [0.29, 0.717) is 0 Å². The van der Waals surface area contributed by atoms with Gasteiger partial charge < -0.3 is 0 Å². The topological polar surface area (TPSA) is 0 Å². The van der Waals surface area contributed by atoms with Gasteiger partial charge in [0.1, 0.15) is 0 Å². The van der Waals surface area contributed by atoms with Crippen LogP contribution in [0.25, 0.3) is 0 Å². The Morgan fingerprint density at radius 1 is 1.00 bits per heavy atom. The maximum Gasteiger partial charge on any atom is 1.00 e. The zero-order chi connectivity index (χ0) is 8.69. The molecule has 60 valence electrons. The molecule has 0 bridgehead atoms. The molecule has 0 aliphatic rings. The van der Waals surface area contributed by atoms with Crippen molar-refractivity contribution in [2.75, 3.05) is 0 Å². The summed E-state index contributed by atoms with van der Waals surface area (Å²) in [5, 5.41) is 0. The van der Waals surface area contributed by atoms with E-state index in [2.05, 4.69) is 6.92 Å². The predicted molar refractivity (Wildman–Crippen MR) is 40.0 cm³/mol. The Morgan fingerprint density at radius 3 is 1.50 bits per heavy atom. The van der Waals surface area contributed by atoms with E-state index in [-0.39, 0.29) is 51.4 Å². The Hall–Kier alpha value is 0.581. The van der Waals surface area contributed by atoms with E-state index in [9.17, 15) is 12.9 Å². The van der Waals surface area contributed by atoms with Gasteiger partial charge in [0.2, 0.25) is 0 Å². The maximum atomic E-state index is 9.67. The van der Waals surface area contributed by atoms with E-state index in [1.807, 2.05) is 30.3 Å². The first kappa shape index (κ1) is 15.1. The van der Waals surface area contributed by atoms with Crippen molar-refractivity contribution in [2.45, 2.75) is 0 Å². The smallest absolute Gasteiger partial charge is 0.254 e. The molecule has 0 spiro atoms. The van der Waals surface area contributed by atoms with E-state index >= 15 is 0 Å². The van der Waals surface area contributed by atoms with Crippen molar-refractivity contribution in [1.29, 1.82) is 0 Å². The molecular formula is C7H7BF3K. The molecule has 0 saturated heterocycles. The summed E-state index contributed by atoms with van der Waals surface area (Å²) in [6.45, 7) is 3.72. The van der Waals surface area contributed by atoms with Crippen molar-refractivity contribution < 1.29 is 64.3 Å². The van der Waals surface area contributed by atoms with Crippen LogP contribution in [0.15, 0.2) is 30.3 Å². The quantitative estimate of drug-likeness (QED) is 0.398. The molecule has 0 amide bonds. The third-order valence-corrected chi connectivity index (χ3v) is 0.843. The molecule has 5 heteroatoms. The van der Waals surface area contributed by atoms with Crippen LogP contribution >= 0.6 is 0 Å². The molecule has 12 heavy (non-hydrogen) atoms. The Bertz CT molecular complexity index is 179. The molecule has 0 saturated carbocycles. The molecule has 1 aromatic carbocycles. The normalized spacial score (nSPS) is 7.25. The Kier molecular flexibility index (Phi) is 12.1. The standard InChI is InChI=1S/C7H7.BF3.K/c1-7-5-3-2-4-6-7;2-1(3)4;/h2-6H,1H2;;/q-1;;+1. The van der Waals surface area contributed by atoms with Crippen LogP contribution in [0.4, 0.5) is 12.9 Å². The van der Waals surface area contributed by atoms with Crippen LogP contribution in [0.3, 0.4) is 0 Å². The molecule has 0 nitrogen and oxygen atoms in total. The van der Waals surface area contributed by atoms with Crippen LogP contribution in [0.1, 0.15) is 5.56 Å². The first-order valence-corrected chi connectivity index (χ1v) is 2.92. The number of halogens is 3. The average Bonchev–Trinajstić information content (AvgIpc) is 1.87. The Morgan fingerprint density at radius 2 is 1.33 bits per heavy atom. The minimum atomic E-state index is -3.67. The first-order valence-electron chi connectivity index (χ1n) is 2.92. The molecule has 0 radical (unpaired) electrons. The average molecular weight is 198 g/mol. The van der Waals surface area contributed by atoms with Gasteiger partial charge >= 0.3 is 58.9 Å². The van der Waals surface area contributed by atoms with E-state index in [0.717, 1.165) is 5.56 Å². The fourth-order valence-corrected chi connectivity index (χ4v) is 0.478. The fraction of sp³-hybridized carbons (Fsp3) is 0. The van der Waals surface area contributed by atoms with Gasteiger partial charge in [0.25, 0.3) is 0 Å². The SMILES string of the molecule is FB(F)F.[CH2-]c1ccccc1.[K+]. The van der Waals surface area contributed by atoms with Crippen molar-refractivity contribution in [1.82, 2.24) is 0 Å². The third-order valence-electron chi connectivity index (χ3n) is 0.843. The van der Waals surface area contributed by atoms with Crippen molar-refractivity contribution >= 4 is 7.54 Å². The van der Waals surface area contributed by atoms with Gasteiger partial charge in [-0.05, 0) is 0 Å². The number of hydrogen-bond donors (Lipinski definition) is 0. The molecule has 0 aliphatic heterocycles. The monoisotopic (exact) mass is 198 g/mol. The molecule has 1 aromatic rings. The molecule has 1 rings (SSSR count). The van der Waals surface area contributed by atoms with E-state index in [4.69, 9.17) is 0 Å². The zero-order valence-corrected chi connectivity index (χ0v) is 9.93. The van der Waals surface area contributed by atoms with Gasteiger partial charge in [0, 0.05) is 0 Å². The summed E-state index contributed by atoms with van der Waals surface area (Å²) in [4.78, 5) is 0. The predicted octanol–water partition coefficient (Wildman–Crippen LogP) is -0.247. The van der Waals surface area contributed by atoms with E-state index < -0.39 is 7.54 Å². The Balaban J connectivity index is 0. The largest absolute Gasteiger partial charge is 1.00 e. The van der Waals surface area contributed by atoms with Gasteiger partial charge in [-0.25, -0.2) is 0 Å². The second-order valence-corrected chi connectivity index (χ2v) is 1.73. The maximum absolute atomic E-state index is 9.67. The molecule has 0 heterocycles. The van der Waals surface area contributed by atoms with E-state index in [1.54, 1.807) is 0 Å². The molecule has 0 atom stereocenters. The summed E-state index contributed by atoms with van der Waals surface area (Å²) < 4.78 is 29.0. The van der Waals surface area contributed by atoms with Crippen molar-refractivity contribution in [3.05, 3.63) is 42.8 Å². The third kappa shape index (κ3) is 13.2. The summed E-state index contributed by atoms with van der Waals surface area (Å²) in [6, 6.07) is 9.87. The van der Waals surface area contributed by atoms with Crippen LogP contribution in [0.5, 0.6) is 0 Å². The zero-order valence-electron chi connectivity index (χ0n) is 6.81. The fourth-order valence-electron chi connectivity index (χ4n) is 0.478. The summed E-state index contributed by atoms with van der Waals surface area (Å²) >= 11 is 0. The van der Waals surface area contributed by atoms with Crippen LogP contribution in [0.2, 0.25) is 0 Å². The minimum Gasteiger partial charge on any atom is -0.254 e.